The van der Waals surface area contributed by atoms with E-state index in [4.69, 9.17) is 13.8 Å². The molecule has 0 amide bonds. The summed E-state index contributed by atoms with van der Waals surface area (Å²) in [6.07, 6.45) is 0. The molecule has 0 aliphatic rings. The first-order valence-electron chi connectivity index (χ1n) is 16.0. The lowest BCUT2D eigenvalue weighted by Gasteiger charge is -2.26. The molecule has 0 unspecified atom stereocenters. The molecule has 0 bridgehead atoms. The van der Waals surface area contributed by atoms with Crippen LogP contribution in [0.25, 0.3) is 75.8 Å². The molecule has 226 valence electrons. The van der Waals surface area contributed by atoms with Gasteiger partial charge in [0.05, 0.1) is 11.1 Å². The minimum Gasteiger partial charge on any atom is -0.454 e. The molecular formula is C43H26N2O2S. The van der Waals surface area contributed by atoms with Gasteiger partial charge in [-0.05, 0) is 71.8 Å². The number of aromatic nitrogens is 1. The Bertz CT molecular complexity index is 2780. The average Bonchev–Trinajstić information content (AvgIpc) is 3.86. The molecule has 0 atom stereocenters. The van der Waals surface area contributed by atoms with Crippen molar-refractivity contribution >= 4 is 81.6 Å². The van der Waals surface area contributed by atoms with Crippen molar-refractivity contribution in [2.24, 2.45) is 0 Å². The lowest BCUT2D eigenvalue weighted by atomic mass is 10.0. The molecule has 0 radical (unpaired) electrons. The highest BCUT2D eigenvalue weighted by Gasteiger charge is 2.25. The monoisotopic (exact) mass is 634 g/mol. The number of anilines is 3. The summed E-state index contributed by atoms with van der Waals surface area (Å²) in [5, 5.41) is 4.40. The molecule has 0 saturated carbocycles. The van der Waals surface area contributed by atoms with E-state index in [0.29, 0.717) is 5.89 Å². The molecule has 10 rings (SSSR count). The SMILES string of the molecule is c1ccc(-c2ccc(N(c3ccc4sc5ccccc5c4c3)c3cc4nc(-c5ccccc5)oc4c4c3oc3ccccc34)cc2)cc1. The fourth-order valence-corrected chi connectivity index (χ4v) is 7.93. The number of fused-ring (bicyclic) bond motifs is 8. The third-order valence-corrected chi connectivity index (χ3v) is 10.2. The number of para-hydroxylation sites is 1. The Morgan fingerprint density at radius 3 is 1.94 bits per heavy atom. The van der Waals surface area contributed by atoms with Crippen molar-refractivity contribution in [3.63, 3.8) is 0 Å². The van der Waals surface area contributed by atoms with E-state index in [1.165, 1.54) is 25.7 Å². The first-order chi connectivity index (χ1) is 23.8. The van der Waals surface area contributed by atoms with Gasteiger partial charge in [0.15, 0.2) is 11.2 Å². The van der Waals surface area contributed by atoms with Crippen LogP contribution in [0.5, 0.6) is 0 Å². The summed E-state index contributed by atoms with van der Waals surface area (Å²) < 4.78 is 15.8. The van der Waals surface area contributed by atoms with Crippen molar-refractivity contribution in [2.45, 2.75) is 0 Å². The topological polar surface area (TPSA) is 42.4 Å². The first kappa shape index (κ1) is 27.0. The normalized spacial score (nSPS) is 11.8. The van der Waals surface area contributed by atoms with Crippen molar-refractivity contribution in [2.75, 3.05) is 4.90 Å². The van der Waals surface area contributed by atoms with Crippen LogP contribution < -0.4 is 4.90 Å². The first-order valence-corrected chi connectivity index (χ1v) is 16.8. The number of furan rings is 1. The van der Waals surface area contributed by atoms with Crippen molar-refractivity contribution < 1.29 is 8.83 Å². The van der Waals surface area contributed by atoms with Crippen LogP contribution >= 0.6 is 11.3 Å². The Morgan fingerprint density at radius 1 is 0.479 bits per heavy atom. The highest BCUT2D eigenvalue weighted by atomic mass is 32.1. The number of hydrogen-bond acceptors (Lipinski definition) is 5. The van der Waals surface area contributed by atoms with Crippen LogP contribution in [0.4, 0.5) is 17.1 Å². The molecule has 4 nitrogen and oxygen atoms in total. The summed E-state index contributed by atoms with van der Waals surface area (Å²) in [6, 6.07) is 54.9. The van der Waals surface area contributed by atoms with Crippen LogP contribution in [0.1, 0.15) is 0 Å². The zero-order valence-corrected chi connectivity index (χ0v) is 26.4. The number of oxazole rings is 1. The maximum Gasteiger partial charge on any atom is 0.227 e. The van der Waals surface area contributed by atoms with Crippen molar-refractivity contribution in [3.8, 4) is 22.6 Å². The summed E-state index contributed by atoms with van der Waals surface area (Å²) in [7, 11) is 0. The van der Waals surface area contributed by atoms with Crippen molar-refractivity contribution in [3.05, 3.63) is 158 Å². The van der Waals surface area contributed by atoms with E-state index in [1.54, 1.807) is 0 Å². The van der Waals surface area contributed by atoms with E-state index in [1.807, 2.05) is 65.9 Å². The molecule has 10 aromatic rings. The molecule has 0 spiro atoms. The van der Waals surface area contributed by atoms with E-state index in [-0.39, 0.29) is 0 Å². The molecule has 0 aliphatic carbocycles. The minimum atomic E-state index is 0.583. The molecule has 3 aromatic heterocycles. The number of rotatable bonds is 5. The number of hydrogen-bond donors (Lipinski definition) is 0. The second-order valence-electron chi connectivity index (χ2n) is 12.0. The maximum atomic E-state index is 6.74. The van der Waals surface area contributed by atoms with Crippen LogP contribution in [-0.2, 0) is 0 Å². The van der Waals surface area contributed by atoms with Crippen molar-refractivity contribution in [1.29, 1.82) is 0 Å². The van der Waals surface area contributed by atoms with Crippen LogP contribution in [0, 0.1) is 0 Å². The third-order valence-electron chi connectivity index (χ3n) is 9.09. The van der Waals surface area contributed by atoms with Gasteiger partial charge in [-0.3, -0.25) is 0 Å². The zero-order valence-electron chi connectivity index (χ0n) is 25.6. The van der Waals surface area contributed by atoms with E-state index in [9.17, 15) is 0 Å². The van der Waals surface area contributed by atoms with Crippen LogP contribution in [0.2, 0.25) is 0 Å². The summed E-state index contributed by atoms with van der Waals surface area (Å²) in [5.41, 5.74) is 9.26. The summed E-state index contributed by atoms with van der Waals surface area (Å²) in [6.45, 7) is 0. The van der Waals surface area contributed by atoms with Crippen LogP contribution in [0.3, 0.4) is 0 Å². The Labute approximate surface area is 279 Å². The summed E-state index contributed by atoms with van der Waals surface area (Å²) in [4.78, 5) is 7.35. The zero-order chi connectivity index (χ0) is 31.6. The quantitative estimate of drug-likeness (QED) is 0.189. The second-order valence-corrected chi connectivity index (χ2v) is 13.0. The van der Waals surface area contributed by atoms with Gasteiger partial charge in [0.1, 0.15) is 11.1 Å². The Morgan fingerprint density at radius 2 is 1.12 bits per heavy atom. The van der Waals surface area contributed by atoms with Crippen LogP contribution in [0.15, 0.2) is 167 Å². The average molecular weight is 635 g/mol. The lowest BCUT2D eigenvalue weighted by molar-refractivity contribution is 0.622. The molecule has 0 saturated heterocycles. The van der Waals surface area contributed by atoms with Gasteiger partial charge in [-0.15, -0.1) is 11.3 Å². The Balaban J connectivity index is 1.26. The van der Waals surface area contributed by atoms with E-state index in [2.05, 4.69) is 108 Å². The van der Waals surface area contributed by atoms with Gasteiger partial charge in [0.2, 0.25) is 5.89 Å². The highest BCUT2D eigenvalue weighted by Crippen LogP contribution is 2.47. The van der Waals surface area contributed by atoms with Crippen molar-refractivity contribution in [1.82, 2.24) is 4.98 Å². The molecule has 7 aromatic carbocycles. The Kier molecular flexibility index (Phi) is 6.01. The molecular weight excluding hydrogens is 609 g/mol. The molecule has 48 heavy (non-hydrogen) atoms. The molecule has 3 heterocycles. The fraction of sp³-hybridized carbons (Fsp3) is 0. The molecule has 0 fully saturated rings. The maximum absolute atomic E-state index is 6.74. The van der Waals surface area contributed by atoms with Crippen LogP contribution in [-0.4, -0.2) is 4.98 Å². The summed E-state index contributed by atoms with van der Waals surface area (Å²) >= 11 is 1.82. The van der Waals surface area contributed by atoms with Gasteiger partial charge in [-0.25, -0.2) is 4.98 Å². The predicted molar refractivity (Wildman–Crippen MR) is 200 cm³/mol. The van der Waals surface area contributed by atoms with E-state index >= 15 is 0 Å². The fourth-order valence-electron chi connectivity index (χ4n) is 6.84. The predicted octanol–water partition coefficient (Wildman–Crippen LogP) is 12.9. The molecule has 0 aliphatic heterocycles. The van der Waals surface area contributed by atoms with Gasteiger partial charge < -0.3 is 13.7 Å². The lowest BCUT2D eigenvalue weighted by Crippen LogP contribution is -2.10. The molecule has 0 N–H and O–H groups in total. The molecule has 5 heteroatoms. The van der Waals surface area contributed by atoms with E-state index in [0.717, 1.165) is 61.2 Å². The van der Waals surface area contributed by atoms with Gasteiger partial charge in [-0.2, -0.15) is 0 Å². The minimum absolute atomic E-state index is 0.583. The number of benzene rings is 7. The Hall–Kier alpha value is -6.17. The van der Waals surface area contributed by atoms with Gasteiger partial charge in [0.25, 0.3) is 0 Å². The van der Waals surface area contributed by atoms with E-state index < -0.39 is 0 Å². The smallest absolute Gasteiger partial charge is 0.227 e. The number of nitrogens with zero attached hydrogens (tertiary/aromatic N) is 2. The van der Waals surface area contributed by atoms with Gasteiger partial charge in [-0.1, -0.05) is 97.1 Å². The largest absolute Gasteiger partial charge is 0.454 e. The highest BCUT2D eigenvalue weighted by molar-refractivity contribution is 7.25. The second kappa shape index (κ2) is 10.7. The third kappa shape index (κ3) is 4.25. The summed E-state index contributed by atoms with van der Waals surface area (Å²) in [5.74, 6) is 0.583. The van der Waals surface area contributed by atoms with Gasteiger partial charge in [0, 0.05) is 42.5 Å². The van der Waals surface area contributed by atoms with Gasteiger partial charge >= 0.3 is 0 Å². The standard InChI is InChI=1S/C43H26N2O2S/c1-3-11-27(12-4-1)28-19-21-30(22-20-28)45(31-23-24-39-34(25-31)32-15-8-10-18-38(32)48-39)36-26-35-41(47-43(44-35)29-13-5-2-6-14-29)40-33-16-7-9-17-37(33)46-42(36)40/h1-26H. The number of thiophene rings is 1.